The third-order valence-electron chi connectivity index (χ3n) is 7.42. The van der Waals surface area contributed by atoms with Crippen LogP contribution in [-0.2, 0) is 10.5 Å². The highest BCUT2D eigenvalue weighted by molar-refractivity contribution is 7.98. The van der Waals surface area contributed by atoms with Gasteiger partial charge in [0.1, 0.15) is 11.8 Å². The van der Waals surface area contributed by atoms with Crippen LogP contribution in [0.3, 0.4) is 0 Å². The molecule has 3 aromatic carbocycles. The Labute approximate surface area is 279 Å². The third-order valence-corrected chi connectivity index (χ3v) is 8.67. The van der Waals surface area contributed by atoms with Crippen molar-refractivity contribution >= 4 is 40.9 Å². The monoisotopic (exact) mass is 661 g/mol. The van der Waals surface area contributed by atoms with Crippen LogP contribution in [0.25, 0.3) is 0 Å². The molecule has 242 valence electrons. The second-order valence-corrected chi connectivity index (χ2v) is 12.0. The maximum Gasteiger partial charge on any atom is 0.255 e. The van der Waals surface area contributed by atoms with Crippen LogP contribution in [-0.4, -0.2) is 40.5 Å². The van der Waals surface area contributed by atoms with E-state index in [0.29, 0.717) is 75.9 Å². The zero-order valence-corrected chi connectivity index (χ0v) is 28.2. The molecule has 1 aromatic heterocycles. The van der Waals surface area contributed by atoms with Gasteiger partial charge in [0.25, 0.3) is 5.91 Å². The Morgan fingerprint density at radius 1 is 0.957 bits per heavy atom. The van der Waals surface area contributed by atoms with Crippen molar-refractivity contribution in [2.75, 3.05) is 30.5 Å². The lowest BCUT2D eigenvalue weighted by Crippen LogP contribution is -2.31. The van der Waals surface area contributed by atoms with E-state index in [-0.39, 0.29) is 5.91 Å². The number of halogens is 1. The van der Waals surface area contributed by atoms with Crippen molar-refractivity contribution in [3.63, 3.8) is 0 Å². The van der Waals surface area contributed by atoms with Crippen molar-refractivity contribution in [2.24, 2.45) is 0 Å². The molecule has 1 atom stereocenters. The lowest BCUT2D eigenvalue weighted by molar-refractivity contribution is -0.113. The molecule has 9 nitrogen and oxygen atoms in total. The topological polar surface area (TPSA) is 99.5 Å². The van der Waals surface area contributed by atoms with Gasteiger partial charge < -0.3 is 24.8 Å². The number of carbonyl (C=O) groups excluding carboxylic acids is 1. The number of ether oxygens (including phenoxy) is 3. The summed E-state index contributed by atoms with van der Waals surface area (Å²) in [5, 5.41) is 12.5. The number of para-hydroxylation sites is 2. The van der Waals surface area contributed by atoms with Gasteiger partial charge in [-0.05, 0) is 68.7 Å². The number of nitrogens with zero attached hydrogens (tertiary/aromatic N) is 3. The van der Waals surface area contributed by atoms with Crippen molar-refractivity contribution in [2.45, 2.75) is 63.9 Å². The van der Waals surface area contributed by atoms with Crippen LogP contribution in [0.15, 0.2) is 83.2 Å². The molecule has 4 aromatic rings. The average molecular weight is 662 g/mol. The molecule has 2 N–H and O–H groups in total. The number of hydrogen-bond acceptors (Lipinski definition) is 8. The van der Waals surface area contributed by atoms with Gasteiger partial charge in [0.15, 0.2) is 11.5 Å². The molecule has 1 aliphatic heterocycles. The molecule has 0 radical (unpaired) electrons. The molecule has 0 aliphatic carbocycles. The first kappa shape index (κ1) is 33.2. The summed E-state index contributed by atoms with van der Waals surface area (Å²) in [5.74, 6) is 2.73. The second kappa shape index (κ2) is 15.9. The predicted octanol–water partition coefficient (Wildman–Crippen LogP) is 8.52. The molecular weight excluding hydrogens is 622 g/mol. The quantitative estimate of drug-likeness (QED) is 0.0966. The molecule has 2 heterocycles. The van der Waals surface area contributed by atoms with E-state index in [9.17, 15) is 4.79 Å². The van der Waals surface area contributed by atoms with Gasteiger partial charge in [-0.3, -0.25) is 4.79 Å². The van der Waals surface area contributed by atoms with Crippen LogP contribution in [0.5, 0.6) is 17.2 Å². The van der Waals surface area contributed by atoms with Crippen molar-refractivity contribution in [1.29, 1.82) is 0 Å². The van der Waals surface area contributed by atoms with E-state index in [1.807, 2.05) is 87.5 Å². The number of benzene rings is 3. The van der Waals surface area contributed by atoms with Crippen molar-refractivity contribution in [3.05, 3.63) is 94.1 Å². The van der Waals surface area contributed by atoms with Crippen LogP contribution >= 0.6 is 23.4 Å². The lowest BCUT2D eigenvalue weighted by atomic mass is 9.94. The molecule has 1 aliphatic rings. The zero-order chi connectivity index (χ0) is 32.5. The summed E-state index contributed by atoms with van der Waals surface area (Å²) >= 11 is 7.89. The largest absolute Gasteiger partial charge is 0.492 e. The highest BCUT2D eigenvalue weighted by Gasteiger charge is 2.35. The van der Waals surface area contributed by atoms with Gasteiger partial charge in [-0.15, -0.1) is 5.10 Å². The van der Waals surface area contributed by atoms with Crippen molar-refractivity contribution < 1.29 is 19.0 Å². The summed E-state index contributed by atoms with van der Waals surface area (Å²) in [6, 6.07) is 20.3. The van der Waals surface area contributed by atoms with E-state index in [0.717, 1.165) is 30.4 Å². The number of nitrogens with one attached hydrogen (secondary N) is 2. The Morgan fingerprint density at radius 3 is 2.50 bits per heavy atom. The standard InChI is InChI=1S/C35H40ClN5O4S/c1-5-8-13-20-45-29-19-18-24(21-30(29)44-7-3)32-31(33(42)38-27-16-11-12-17-28(27)43-6-2)23(4)37-34-39-35(40-41(32)34)46-22-25-14-9-10-15-26(25)36/h9-12,14-19,21,32H,5-8,13,20,22H2,1-4H3,(H,38,42)(H,37,39,40). The van der Waals surface area contributed by atoms with Gasteiger partial charge in [-0.2, -0.15) is 4.98 Å². The Kier molecular flexibility index (Phi) is 11.5. The lowest BCUT2D eigenvalue weighted by Gasteiger charge is -2.29. The number of thioether (sulfide) groups is 1. The summed E-state index contributed by atoms with van der Waals surface area (Å²) in [7, 11) is 0. The molecule has 0 fully saturated rings. The van der Waals surface area contributed by atoms with Crippen molar-refractivity contribution in [3.8, 4) is 17.2 Å². The van der Waals surface area contributed by atoms with Crippen LogP contribution in [0, 0.1) is 0 Å². The van der Waals surface area contributed by atoms with Gasteiger partial charge in [0.05, 0.1) is 31.1 Å². The molecular formula is C35H40ClN5O4S. The van der Waals surface area contributed by atoms with Crippen LogP contribution in [0.2, 0.25) is 5.02 Å². The number of fused-ring (bicyclic) bond motifs is 1. The molecule has 1 unspecified atom stereocenters. The number of rotatable bonds is 15. The maximum atomic E-state index is 14.2. The minimum Gasteiger partial charge on any atom is -0.492 e. The van der Waals surface area contributed by atoms with Gasteiger partial charge in [-0.1, -0.05) is 79.5 Å². The highest BCUT2D eigenvalue weighted by atomic mass is 35.5. The van der Waals surface area contributed by atoms with Crippen LogP contribution < -0.4 is 24.8 Å². The van der Waals surface area contributed by atoms with E-state index in [1.165, 1.54) is 11.8 Å². The van der Waals surface area contributed by atoms with E-state index in [4.69, 9.17) is 35.9 Å². The minimum absolute atomic E-state index is 0.286. The number of allylic oxidation sites excluding steroid dienone is 1. The summed E-state index contributed by atoms with van der Waals surface area (Å²) < 4.78 is 19.7. The predicted molar refractivity (Wildman–Crippen MR) is 184 cm³/mol. The Hall–Kier alpha value is -4.15. The fraction of sp³-hybridized carbons (Fsp3) is 0.343. The smallest absolute Gasteiger partial charge is 0.255 e. The first-order chi connectivity index (χ1) is 22.4. The van der Waals surface area contributed by atoms with Crippen LogP contribution in [0.4, 0.5) is 11.6 Å². The Morgan fingerprint density at radius 2 is 1.72 bits per heavy atom. The molecule has 0 saturated heterocycles. The minimum atomic E-state index is -0.606. The molecule has 0 spiro atoms. The van der Waals surface area contributed by atoms with E-state index in [1.54, 1.807) is 4.68 Å². The molecule has 0 saturated carbocycles. The number of aromatic nitrogens is 3. The summed E-state index contributed by atoms with van der Waals surface area (Å²) in [5.41, 5.74) is 3.54. The number of amides is 1. The van der Waals surface area contributed by atoms with E-state index in [2.05, 4.69) is 17.6 Å². The Balaban J connectivity index is 1.52. The molecule has 1 amide bonds. The maximum absolute atomic E-state index is 14.2. The average Bonchev–Trinajstić information content (AvgIpc) is 3.46. The summed E-state index contributed by atoms with van der Waals surface area (Å²) in [4.78, 5) is 19.0. The van der Waals surface area contributed by atoms with Gasteiger partial charge >= 0.3 is 0 Å². The van der Waals surface area contributed by atoms with Gasteiger partial charge in [0.2, 0.25) is 11.1 Å². The van der Waals surface area contributed by atoms with Crippen LogP contribution in [0.1, 0.15) is 64.1 Å². The zero-order valence-electron chi connectivity index (χ0n) is 26.6. The number of anilines is 2. The third kappa shape index (κ3) is 7.79. The molecule has 0 bridgehead atoms. The molecule has 46 heavy (non-hydrogen) atoms. The van der Waals surface area contributed by atoms with Crippen molar-refractivity contribution in [1.82, 2.24) is 14.8 Å². The van der Waals surface area contributed by atoms with E-state index < -0.39 is 6.04 Å². The van der Waals surface area contributed by atoms with Gasteiger partial charge in [0, 0.05) is 16.5 Å². The first-order valence-electron chi connectivity index (χ1n) is 15.7. The molecule has 5 rings (SSSR count). The number of hydrogen-bond donors (Lipinski definition) is 2. The summed E-state index contributed by atoms with van der Waals surface area (Å²) in [6.07, 6.45) is 3.17. The second-order valence-electron chi connectivity index (χ2n) is 10.7. The Bertz CT molecular complexity index is 1690. The molecule has 11 heteroatoms. The SMILES string of the molecule is CCCCCOc1ccc(C2C(C(=O)Nc3ccccc3OCC)=C(C)Nc3nc(SCc4ccccc4Cl)nn32)cc1OCC. The normalized spacial score (nSPS) is 14.0. The number of unbranched alkanes of at least 4 members (excludes halogenated alkanes) is 2. The highest BCUT2D eigenvalue weighted by Crippen LogP contribution is 2.41. The summed E-state index contributed by atoms with van der Waals surface area (Å²) in [6.45, 7) is 9.43. The fourth-order valence-electron chi connectivity index (χ4n) is 5.21. The number of carbonyl (C=O) groups is 1. The van der Waals surface area contributed by atoms with Gasteiger partial charge in [-0.25, -0.2) is 4.68 Å². The van der Waals surface area contributed by atoms with E-state index >= 15 is 0 Å². The first-order valence-corrected chi connectivity index (χ1v) is 17.0. The fourth-order valence-corrected chi connectivity index (χ4v) is 6.32.